The third-order valence-corrected chi connectivity index (χ3v) is 6.93. The van der Waals surface area contributed by atoms with Crippen molar-refractivity contribution in [2.45, 2.75) is 50.9 Å². The van der Waals surface area contributed by atoms with E-state index in [1.54, 1.807) is 18.1 Å². The van der Waals surface area contributed by atoms with Crippen LogP contribution in [0.5, 0.6) is 5.75 Å². The number of aliphatic hydroxyl groups is 1. The van der Waals surface area contributed by atoms with Crippen LogP contribution in [-0.2, 0) is 4.79 Å². The van der Waals surface area contributed by atoms with Gasteiger partial charge in [-0.2, -0.15) is 5.26 Å². The fourth-order valence-corrected chi connectivity index (χ4v) is 4.97. The van der Waals surface area contributed by atoms with Crippen LogP contribution in [0.25, 0.3) is 10.9 Å². The maximum Gasteiger partial charge on any atom is 0.270 e. The third kappa shape index (κ3) is 4.68. The normalized spacial score (nSPS) is 25.7. The summed E-state index contributed by atoms with van der Waals surface area (Å²) in [6, 6.07) is 8.11. The average molecular weight is 454 g/mol. The van der Waals surface area contributed by atoms with Crippen molar-refractivity contribution in [3.05, 3.63) is 30.0 Å². The Kier molecular flexibility index (Phi) is 6.86. The quantitative estimate of drug-likeness (QED) is 0.505. The van der Waals surface area contributed by atoms with Crippen LogP contribution in [0.3, 0.4) is 0 Å². The number of aromatic nitrogens is 1. The van der Waals surface area contributed by atoms with E-state index in [-0.39, 0.29) is 23.7 Å². The lowest BCUT2D eigenvalue weighted by atomic mass is 9.97. The topological polar surface area (TPSA) is 130 Å². The molecule has 9 heteroatoms. The lowest BCUT2D eigenvalue weighted by Crippen LogP contribution is -2.49. The van der Waals surface area contributed by atoms with Crippen LogP contribution in [0.15, 0.2) is 24.3 Å². The van der Waals surface area contributed by atoms with E-state index >= 15 is 0 Å². The molecule has 1 aromatic carbocycles. The minimum absolute atomic E-state index is 0.0824. The summed E-state index contributed by atoms with van der Waals surface area (Å²) in [6.45, 7) is 3.23. The SMILES string of the molecule is CC[C@@H]1C[C@@H](C(=O)N[C@H](C#N)C[C@@H]2CCNC2O)N(C(=O)c2cc3c(OC)cccc3[nH]2)C1. The van der Waals surface area contributed by atoms with Crippen molar-refractivity contribution < 1.29 is 19.4 Å². The number of nitriles is 1. The predicted octanol–water partition coefficient (Wildman–Crippen LogP) is 1.74. The van der Waals surface area contributed by atoms with Gasteiger partial charge in [0.2, 0.25) is 5.91 Å². The van der Waals surface area contributed by atoms with Crippen molar-refractivity contribution in [2.24, 2.45) is 11.8 Å². The Balaban J connectivity index is 1.51. The number of methoxy groups -OCH3 is 1. The van der Waals surface area contributed by atoms with Gasteiger partial charge in [0.25, 0.3) is 5.91 Å². The number of rotatable bonds is 7. The zero-order valence-electron chi connectivity index (χ0n) is 19.0. The zero-order chi connectivity index (χ0) is 23.5. The molecular formula is C24H31N5O4. The molecule has 2 aliphatic rings. The second-order valence-electron chi connectivity index (χ2n) is 8.96. The third-order valence-electron chi connectivity index (χ3n) is 6.93. The van der Waals surface area contributed by atoms with E-state index in [0.29, 0.717) is 37.4 Å². The second-order valence-corrected chi connectivity index (χ2v) is 8.96. The fraction of sp³-hybridized carbons (Fsp3) is 0.542. The molecule has 0 spiro atoms. The molecule has 3 heterocycles. The first kappa shape index (κ1) is 23.1. The average Bonchev–Trinajstić information content (AvgIpc) is 3.55. The van der Waals surface area contributed by atoms with Gasteiger partial charge in [0.05, 0.1) is 13.2 Å². The Morgan fingerprint density at radius 1 is 1.42 bits per heavy atom. The summed E-state index contributed by atoms with van der Waals surface area (Å²) < 4.78 is 5.40. The Morgan fingerprint density at radius 3 is 2.91 bits per heavy atom. The molecule has 4 rings (SSSR count). The van der Waals surface area contributed by atoms with E-state index in [1.165, 1.54) is 0 Å². The van der Waals surface area contributed by atoms with Gasteiger partial charge >= 0.3 is 0 Å². The lowest BCUT2D eigenvalue weighted by molar-refractivity contribution is -0.125. The molecular weight excluding hydrogens is 422 g/mol. The van der Waals surface area contributed by atoms with Crippen molar-refractivity contribution in [3.63, 3.8) is 0 Å². The van der Waals surface area contributed by atoms with Crippen LogP contribution >= 0.6 is 0 Å². The number of aromatic amines is 1. The highest BCUT2D eigenvalue weighted by Crippen LogP contribution is 2.31. The molecule has 2 amide bonds. The van der Waals surface area contributed by atoms with Crippen LogP contribution in [-0.4, -0.2) is 65.3 Å². The number of likely N-dealkylation sites (tertiary alicyclic amines) is 1. The molecule has 5 atom stereocenters. The van der Waals surface area contributed by atoms with Gasteiger partial charge in [-0.25, -0.2) is 0 Å². The second kappa shape index (κ2) is 9.81. The van der Waals surface area contributed by atoms with E-state index < -0.39 is 18.3 Å². The fourth-order valence-electron chi connectivity index (χ4n) is 4.97. The highest BCUT2D eigenvalue weighted by molar-refractivity contribution is 6.01. The summed E-state index contributed by atoms with van der Waals surface area (Å²) in [4.78, 5) is 31.4. The number of hydrogen-bond acceptors (Lipinski definition) is 6. The molecule has 0 saturated carbocycles. The van der Waals surface area contributed by atoms with Crippen molar-refractivity contribution in [1.82, 2.24) is 20.5 Å². The van der Waals surface area contributed by atoms with E-state index in [2.05, 4.69) is 21.7 Å². The number of amides is 2. The molecule has 2 aliphatic heterocycles. The van der Waals surface area contributed by atoms with Gasteiger partial charge in [-0.05, 0) is 49.9 Å². The van der Waals surface area contributed by atoms with Gasteiger partial charge < -0.3 is 25.0 Å². The van der Waals surface area contributed by atoms with Gasteiger partial charge in [-0.3, -0.25) is 14.9 Å². The highest BCUT2D eigenvalue weighted by atomic mass is 16.5. The zero-order valence-corrected chi connectivity index (χ0v) is 19.0. The van der Waals surface area contributed by atoms with Crippen molar-refractivity contribution in [1.29, 1.82) is 5.26 Å². The summed E-state index contributed by atoms with van der Waals surface area (Å²) in [5.41, 5.74) is 1.19. The number of hydrogen-bond donors (Lipinski definition) is 4. The Labute approximate surface area is 193 Å². The number of fused-ring (bicyclic) bond motifs is 1. The van der Waals surface area contributed by atoms with Gasteiger partial charge in [0.15, 0.2) is 0 Å². The maximum absolute atomic E-state index is 13.4. The summed E-state index contributed by atoms with van der Waals surface area (Å²) in [7, 11) is 1.59. The van der Waals surface area contributed by atoms with Gasteiger partial charge in [0.1, 0.15) is 29.8 Å². The number of aliphatic hydroxyl groups excluding tert-OH is 1. The molecule has 0 bridgehead atoms. The number of H-pyrrole nitrogens is 1. The molecule has 2 fully saturated rings. The summed E-state index contributed by atoms with van der Waals surface area (Å²) in [5.74, 6) is 0.240. The molecule has 33 heavy (non-hydrogen) atoms. The van der Waals surface area contributed by atoms with Crippen molar-refractivity contribution in [2.75, 3.05) is 20.2 Å². The Bertz CT molecular complexity index is 1060. The first-order valence-electron chi connectivity index (χ1n) is 11.5. The molecule has 0 aliphatic carbocycles. The van der Waals surface area contributed by atoms with E-state index in [1.807, 2.05) is 25.1 Å². The lowest BCUT2D eigenvalue weighted by Gasteiger charge is -2.25. The number of carbonyl (C=O) groups is 2. The van der Waals surface area contributed by atoms with Crippen LogP contribution in [0.2, 0.25) is 0 Å². The van der Waals surface area contributed by atoms with Gasteiger partial charge in [-0.1, -0.05) is 19.4 Å². The first-order valence-corrected chi connectivity index (χ1v) is 11.5. The molecule has 2 aromatic rings. The monoisotopic (exact) mass is 453 g/mol. The summed E-state index contributed by atoms with van der Waals surface area (Å²) in [5, 5.41) is 26.1. The van der Waals surface area contributed by atoms with Gasteiger partial charge in [0, 0.05) is 23.4 Å². The minimum Gasteiger partial charge on any atom is -0.496 e. The van der Waals surface area contributed by atoms with Gasteiger partial charge in [-0.15, -0.1) is 0 Å². The molecule has 176 valence electrons. The van der Waals surface area contributed by atoms with E-state index in [0.717, 1.165) is 23.7 Å². The van der Waals surface area contributed by atoms with Crippen LogP contribution < -0.4 is 15.4 Å². The Morgan fingerprint density at radius 2 is 2.24 bits per heavy atom. The van der Waals surface area contributed by atoms with Crippen LogP contribution in [0.4, 0.5) is 0 Å². The molecule has 4 N–H and O–H groups in total. The number of carbonyl (C=O) groups excluding carboxylic acids is 2. The van der Waals surface area contributed by atoms with E-state index in [4.69, 9.17) is 4.74 Å². The largest absolute Gasteiger partial charge is 0.496 e. The van der Waals surface area contributed by atoms with Crippen molar-refractivity contribution >= 4 is 22.7 Å². The summed E-state index contributed by atoms with van der Waals surface area (Å²) in [6.07, 6.45) is 1.88. The number of nitrogens with zero attached hydrogens (tertiary/aromatic N) is 2. The summed E-state index contributed by atoms with van der Waals surface area (Å²) >= 11 is 0. The smallest absolute Gasteiger partial charge is 0.270 e. The Hall–Kier alpha value is -3.09. The number of benzene rings is 1. The first-order chi connectivity index (χ1) is 15.9. The minimum atomic E-state index is -0.716. The predicted molar refractivity (Wildman–Crippen MR) is 122 cm³/mol. The van der Waals surface area contributed by atoms with Crippen LogP contribution in [0, 0.1) is 23.2 Å². The molecule has 9 nitrogen and oxygen atoms in total. The standard InChI is InChI=1S/C24H31N5O4/c1-3-14-9-20(23(31)27-16(12-25)10-15-7-8-26-22(15)30)29(13-14)24(32)19-11-17-18(28-19)5-4-6-21(17)33-2/h4-6,11,14-16,20,22,26,28,30H,3,7-10,13H2,1-2H3,(H,27,31)/t14-,15+,16+,20+,22?/m1/s1. The van der Waals surface area contributed by atoms with E-state index in [9.17, 15) is 20.0 Å². The number of nitrogens with one attached hydrogen (secondary N) is 3. The molecule has 1 aromatic heterocycles. The number of ether oxygens (including phenoxy) is 1. The maximum atomic E-state index is 13.4. The van der Waals surface area contributed by atoms with Crippen molar-refractivity contribution in [3.8, 4) is 11.8 Å². The molecule has 1 unspecified atom stereocenters. The van der Waals surface area contributed by atoms with Crippen LogP contribution in [0.1, 0.15) is 43.1 Å². The highest BCUT2D eigenvalue weighted by Gasteiger charge is 2.40. The molecule has 2 saturated heterocycles. The molecule has 0 radical (unpaired) electrons.